The minimum atomic E-state index is -0.0677. The molecule has 1 fully saturated rings. The first-order valence-electron chi connectivity index (χ1n) is 4.62. The molecule has 2 nitrogen and oxygen atoms in total. The van der Waals surface area contributed by atoms with Crippen LogP contribution in [0, 0.1) is 0 Å². The quantitative estimate of drug-likeness (QED) is 0.666. The Morgan fingerprint density at radius 1 is 1.55 bits per heavy atom. The molecule has 0 aliphatic carbocycles. The highest BCUT2D eigenvalue weighted by Crippen LogP contribution is 2.20. The summed E-state index contributed by atoms with van der Waals surface area (Å²) in [6.07, 6.45) is 4.73. The minimum Gasteiger partial charge on any atom is -0.392 e. The number of unbranched alkanes of at least 4 members (excludes halogenated alkanes) is 1. The number of aliphatic hydroxyl groups is 1. The Bertz CT molecular complexity index is 116. The SMILES string of the molecule is CCCC[C@H]1C[C@@H](O)CN1C. The standard InChI is InChI=1S/C9H19NO/c1-3-4-5-8-6-9(11)7-10(8)2/h8-9,11H,3-7H2,1-2H3/t8-,9+/m0/s1. The Morgan fingerprint density at radius 3 is 2.73 bits per heavy atom. The van der Waals surface area contributed by atoms with Gasteiger partial charge in [0.1, 0.15) is 0 Å². The van der Waals surface area contributed by atoms with Crippen LogP contribution in [-0.2, 0) is 0 Å². The molecule has 0 saturated carbocycles. The largest absolute Gasteiger partial charge is 0.392 e. The van der Waals surface area contributed by atoms with Gasteiger partial charge in [0, 0.05) is 12.6 Å². The number of likely N-dealkylation sites (tertiary alicyclic amines) is 1. The van der Waals surface area contributed by atoms with Gasteiger partial charge in [-0.2, -0.15) is 0 Å². The smallest absolute Gasteiger partial charge is 0.0682 e. The predicted octanol–water partition coefficient (Wildman–Crippen LogP) is 1.24. The van der Waals surface area contributed by atoms with E-state index in [-0.39, 0.29) is 6.10 Å². The van der Waals surface area contributed by atoms with Gasteiger partial charge in [-0.25, -0.2) is 0 Å². The lowest BCUT2D eigenvalue weighted by Crippen LogP contribution is -2.24. The van der Waals surface area contributed by atoms with E-state index in [2.05, 4.69) is 18.9 Å². The average molecular weight is 157 g/mol. The van der Waals surface area contributed by atoms with Gasteiger partial charge in [0.25, 0.3) is 0 Å². The van der Waals surface area contributed by atoms with Gasteiger partial charge in [0.2, 0.25) is 0 Å². The normalized spacial score (nSPS) is 33.0. The molecule has 0 spiro atoms. The highest BCUT2D eigenvalue weighted by molar-refractivity contribution is 4.82. The van der Waals surface area contributed by atoms with Crippen molar-refractivity contribution >= 4 is 0 Å². The third kappa shape index (κ3) is 2.46. The number of hydrogen-bond acceptors (Lipinski definition) is 2. The van der Waals surface area contributed by atoms with E-state index in [4.69, 9.17) is 0 Å². The molecule has 0 aromatic rings. The molecule has 1 saturated heterocycles. The summed E-state index contributed by atoms with van der Waals surface area (Å²) in [7, 11) is 2.11. The molecule has 0 aromatic carbocycles. The molecule has 11 heavy (non-hydrogen) atoms. The van der Waals surface area contributed by atoms with Crippen LogP contribution in [0.1, 0.15) is 32.6 Å². The zero-order valence-corrected chi connectivity index (χ0v) is 7.58. The Labute approximate surface area is 69.2 Å². The summed E-state index contributed by atoms with van der Waals surface area (Å²) in [5, 5.41) is 9.33. The van der Waals surface area contributed by atoms with Crippen molar-refractivity contribution in [2.75, 3.05) is 13.6 Å². The van der Waals surface area contributed by atoms with E-state index in [1.165, 1.54) is 19.3 Å². The Kier molecular flexibility index (Phi) is 3.34. The molecule has 1 rings (SSSR count). The highest BCUT2D eigenvalue weighted by atomic mass is 16.3. The van der Waals surface area contributed by atoms with Gasteiger partial charge < -0.3 is 10.0 Å². The second kappa shape index (κ2) is 4.07. The molecule has 66 valence electrons. The summed E-state index contributed by atoms with van der Waals surface area (Å²) in [6, 6.07) is 0.643. The summed E-state index contributed by atoms with van der Waals surface area (Å²) in [4.78, 5) is 2.28. The second-order valence-corrected chi connectivity index (χ2v) is 3.63. The fourth-order valence-corrected chi connectivity index (χ4v) is 1.83. The van der Waals surface area contributed by atoms with Crippen LogP contribution in [0.3, 0.4) is 0 Å². The van der Waals surface area contributed by atoms with Gasteiger partial charge in [-0.1, -0.05) is 19.8 Å². The number of rotatable bonds is 3. The van der Waals surface area contributed by atoms with Crippen molar-refractivity contribution in [3.63, 3.8) is 0 Å². The maximum atomic E-state index is 9.33. The number of aliphatic hydroxyl groups excluding tert-OH is 1. The number of β-amino-alcohol motifs (C(OH)–C–C–N with tert-alkyl or cyclic N) is 1. The molecule has 0 amide bonds. The lowest BCUT2D eigenvalue weighted by molar-refractivity contribution is 0.182. The molecule has 0 aromatic heterocycles. The van der Waals surface area contributed by atoms with E-state index in [0.717, 1.165) is 13.0 Å². The fraction of sp³-hybridized carbons (Fsp3) is 1.00. The monoisotopic (exact) mass is 157 g/mol. The number of nitrogens with zero attached hydrogens (tertiary/aromatic N) is 1. The Hall–Kier alpha value is -0.0800. The molecule has 1 heterocycles. The maximum Gasteiger partial charge on any atom is 0.0682 e. The van der Waals surface area contributed by atoms with Gasteiger partial charge >= 0.3 is 0 Å². The van der Waals surface area contributed by atoms with Crippen LogP contribution < -0.4 is 0 Å². The third-order valence-corrected chi connectivity index (χ3v) is 2.56. The lowest BCUT2D eigenvalue weighted by Gasteiger charge is -2.17. The van der Waals surface area contributed by atoms with Crippen LogP contribution in [0.5, 0.6) is 0 Å². The van der Waals surface area contributed by atoms with Crippen LogP contribution in [-0.4, -0.2) is 35.7 Å². The number of likely N-dealkylation sites (N-methyl/N-ethyl adjacent to an activating group) is 1. The molecule has 0 bridgehead atoms. The van der Waals surface area contributed by atoms with Crippen LogP contribution in [0.2, 0.25) is 0 Å². The highest BCUT2D eigenvalue weighted by Gasteiger charge is 2.26. The van der Waals surface area contributed by atoms with Gasteiger partial charge in [-0.05, 0) is 19.9 Å². The predicted molar refractivity (Wildman–Crippen MR) is 46.6 cm³/mol. The van der Waals surface area contributed by atoms with E-state index >= 15 is 0 Å². The van der Waals surface area contributed by atoms with E-state index in [1.807, 2.05) is 0 Å². The minimum absolute atomic E-state index is 0.0677. The van der Waals surface area contributed by atoms with Crippen molar-refractivity contribution in [3.8, 4) is 0 Å². The van der Waals surface area contributed by atoms with E-state index in [9.17, 15) is 5.11 Å². The van der Waals surface area contributed by atoms with Crippen LogP contribution in [0.15, 0.2) is 0 Å². The van der Waals surface area contributed by atoms with Gasteiger partial charge in [-0.3, -0.25) is 0 Å². The van der Waals surface area contributed by atoms with Crippen LogP contribution in [0.25, 0.3) is 0 Å². The summed E-state index contributed by atoms with van der Waals surface area (Å²) in [5.41, 5.74) is 0. The summed E-state index contributed by atoms with van der Waals surface area (Å²) < 4.78 is 0. The van der Waals surface area contributed by atoms with Gasteiger partial charge in [-0.15, -0.1) is 0 Å². The van der Waals surface area contributed by atoms with E-state index < -0.39 is 0 Å². The zero-order chi connectivity index (χ0) is 8.27. The molecule has 2 heteroatoms. The molecular formula is C9H19NO. The lowest BCUT2D eigenvalue weighted by atomic mass is 10.1. The molecule has 1 aliphatic rings. The van der Waals surface area contributed by atoms with E-state index in [0.29, 0.717) is 6.04 Å². The summed E-state index contributed by atoms with van der Waals surface area (Å²) in [6.45, 7) is 3.08. The van der Waals surface area contributed by atoms with Crippen molar-refractivity contribution in [1.29, 1.82) is 0 Å². The zero-order valence-electron chi connectivity index (χ0n) is 7.58. The van der Waals surface area contributed by atoms with Gasteiger partial charge in [0.15, 0.2) is 0 Å². The van der Waals surface area contributed by atoms with Crippen molar-refractivity contribution in [1.82, 2.24) is 4.90 Å². The topological polar surface area (TPSA) is 23.5 Å². The van der Waals surface area contributed by atoms with Crippen LogP contribution >= 0.6 is 0 Å². The first kappa shape index (κ1) is 9.01. The Balaban J connectivity index is 2.23. The molecular weight excluding hydrogens is 138 g/mol. The molecule has 2 atom stereocenters. The van der Waals surface area contributed by atoms with Crippen molar-refractivity contribution in [2.24, 2.45) is 0 Å². The fourth-order valence-electron chi connectivity index (χ4n) is 1.83. The van der Waals surface area contributed by atoms with Gasteiger partial charge in [0.05, 0.1) is 6.10 Å². The molecule has 1 aliphatic heterocycles. The van der Waals surface area contributed by atoms with E-state index in [1.54, 1.807) is 0 Å². The van der Waals surface area contributed by atoms with Crippen molar-refractivity contribution in [2.45, 2.75) is 44.8 Å². The summed E-state index contributed by atoms with van der Waals surface area (Å²) >= 11 is 0. The second-order valence-electron chi connectivity index (χ2n) is 3.63. The molecule has 0 radical (unpaired) electrons. The Morgan fingerprint density at radius 2 is 2.27 bits per heavy atom. The first-order valence-corrected chi connectivity index (χ1v) is 4.62. The molecule has 0 unspecified atom stereocenters. The first-order chi connectivity index (χ1) is 5.24. The maximum absolute atomic E-state index is 9.33. The van der Waals surface area contributed by atoms with Crippen LogP contribution in [0.4, 0.5) is 0 Å². The van der Waals surface area contributed by atoms with Crippen molar-refractivity contribution < 1.29 is 5.11 Å². The molecule has 1 N–H and O–H groups in total. The average Bonchev–Trinajstić information content (AvgIpc) is 2.26. The van der Waals surface area contributed by atoms with Crippen molar-refractivity contribution in [3.05, 3.63) is 0 Å². The number of hydrogen-bond donors (Lipinski definition) is 1. The third-order valence-electron chi connectivity index (χ3n) is 2.56. The summed E-state index contributed by atoms with van der Waals surface area (Å²) in [5.74, 6) is 0.